The minimum absolute atomic E-state index is 0.290. The molecule has 0 aliphatic heterocycles. The number of H-pyrrole nitrogens is 1. The van der Waals surface area contributed by atoms with E-state index in [0.29, 0.717) is 25.3 Å². The van der Waals surface area contributed by atoms with Crippen LogP contribution in [-0.4, -0.2) is 46.7 Å². The summed E-state index contributed by atoms with van der Waals surface area (Å²) in [5.41, 5.74) is 6.44. The quantitative estimate of drug-likeness (QED) is 0.126. The standard InChI is InChI=1S/C29H29N3O4/c33-28(31-35)15-14-22-10-12-23(13-11-22)21-32(18-19-36-29(34)24-6-2-1-3-7-24)17-16-25-20-30-27-9-5-4-8-26(25)27/h1-15,20,30,35H,16-19,21H2,(H,31,33)/b15-14+. The fourth-order valence-electron chi connectivity index (χ4n) is 4.01. The van der Waals surface area contributed by atoms with Crippen LogP contribution in [0.3, 0.4) is 0 Å². The number of rotatable bonds is 11. The molecule has 1 heterocycles. The number of para-hydroxylation sites is 1. The summed E-state index contributed by atoms with van der Waals surface area (Å²) >= 11 is 0. The molecule has 0 fully saturated rings. The summed E-state index contributed by atoms with van der Waals surface area (Å²) in [6.07, 6.45) is 5.81. The maximum atomic E-state index is 12.3. The molecule has 36 heavy (non-hydrogen) atoms. The van der Waals surface area contributed by atoms with E-state index in [-0.39, 0.29) is 5.97 Å². The van der Waals surface area contributed by atoms with Gasteiger partial charge in [0.05, 0.1) is 5.56 Å². The minimum atomic E-state index is -0.576. The van der Waals surface area contributed by atoms with E-state index in [2.05, 4.69) is 28.2 Å². The lowest BCUT2D eigenvalue weighted by molar-refractivity contribution is -0.124. The molecule has 0 atom stereocenters. The number of aromatic nitrogens is 1. The number of nitrogens with zero attached hydrogens (tertiary/aromatic N) is 1. The Morgan fingerprint density at radius 2 is 1.69 bits per heavy atom. The van der Waals surface area contributed by atoms with Gasteiger partial charge in [-0.25, -0.2) is 10.3 Å². The average molecular weight is 484 g/mol. The van der Waals surface area contributed by atoms with E-state index >= 15 is 0 Å². The maximum Gasteiger partial charge on any atom is 0.338 e. The second kappa shape index (κ2) is 12.5. The summed E-state index contributed by atoms with van der Waals surface area (Å²) < 4.78 is 5.53. The molecule has 3 aromatic carbocycles. The SMILES string of the molecule is O=C(/C=C/c1ccc(CN(CCOC(=O)c2ccccc2)CCc2c[nH]c3ccccc23)cc1)NO. The molecule has 0 saturated carbocycles. The first kappa shape index (κ1) is 24.9. The number of carbonyl (C=O) groups excluding carboxylic acids is 2. The number of hydroxylamine groups is 1. The Kier molecular flexibility index (Phi) is 8.64. The molecule has 4 aromatic rings. The topological polar surface area (TPSA) is 94.7 Å². The Morgan fingerprint density at radius 1 is 0.944 bits per heavy atom. The van der Waals surface area contributed by atoms with Crippen molar-refractivity contribution in [2.45, 2.75) is 13.0 Å². The molecular formula is C29H29N3O4. The highest BCUT2D eigenvalue weighted by Gasteiger charge is 2.12. The normalized spacial score (nSPS) is 11.3. The number of hydrogen-bond donors (Lipinski definition) is 3. The van der Waals surface area contributed by atoms with Crippen LogP contribution in [0.5, 0.6) is 0 Å². The van der Waals surface area contributed by atoms with E-state index in [1.807, 2.05) is 54.6 Å². The molecular weight excluding hydrogens is 454 g/mol. The van der Waals surface area contributed by atoms with Gasteiger partial charge in [0.1, 0.15) is 6.61 Å². The van der Waals surface area contributed by atoms with Crippen molar-refractivity contribution in [3.63, 3.8) is 0 Å². The number of benzene rings is 3. The van der Waals surface area contributed by atoms with E-state index in [4.69, 9.17) is 9.94 Å². The average Bonchev–Trinajstić information content (AvgIpc) is 3.34. The van der Waals surface area contributed by atoms with Crippen molar-refractivity contribution in [2.75, 3.05) is 19.7 Å². The summed E-state index contributed by atoms with van der Waals surface area (Å²) in [6.45, 7) is 2.37. The van der Waals surface area contributed by atoms with Gasteiger partial charge in [0.2, 0.25) is 0 Å². The zero-order valence-electron chi connectivity index (χ0n) is 19.9. The number of hydrogen-bond acceptors (Lipinski definition) is 5. The molecule has 7 nitrogen and oxygen atoms in total. The lowest BCUT2D eigenvalue weighted by Gasteiger charge is -2.22. The first-order chi connectivity index (χ1) is 17.6. The number of amides is 1. The third kappa shape index (κ3) is 6.91. The fourth-order valence-corrected chi connectivity index (χ4v) is 4.01. The molecule has 0 spiro atoms. The molecule has 0 aliphatic carbocycles. The number of fused-ring (bicyclic) bond motifs is 1. The number of aromatic amines is 1. The van der Waals surface area contributed by atoms with Gasteiger partial charge >= 0.3 is 5.97 Å². The number of carbonyl (C=O) groups is 2. The van der Waals surface area contributed by atoms with Crippen LogP contribution in [0.25, 0.3) is 17.0 Å². The van der Waals surface area contributed by atoms with E-state index in [9.17, 15) is 9.59 Å². The van der Waals surface area contributed by atoms with Gasteiger partial charge in [0.25, 0.3) is 5.91 Å². The van der Waals surface area contributed by atoms with Gasteiger partial charge in [-0.05, 0) is 47.4 Å². The Balaban J connectivity index is 1.40. The van der Waals surface area contributed by atoms with Crippen LogP contribution < -0.4 is 5.48 Å². The van der Waals surface area contributed by atoms with Gasteiger partial charge < -0.3 is 9.72 Å². The smallest absolute Gasteiger partial charge is 0.338 e. The van der Waals surface area contributed by atoms with Crippen molar-refractivity contribution < 1.29 is 19.5 Å². The molecule has 0 aliphatic rings. The van der Waals surface area contributed by atoms with Gasteiger partial charge in [0, 0.05) is 42.8 Å². The van der Waals surface area contributed by atoms with Crippen LogP contribution >= 0.6 is 0 Å². The zero-order valence-corrected chi connectivity index (χ0v) is 19.9. The van der Waals surface area contributed by atoms with Crippen LogP contribution in [0.15, 0.2) is 91.1 Å². The summed E-state index contributed by atoms with van der Waals surface area (Å²) in [6, 6.07) is 25.1. The van der Waals surface area contributed by atoms with Crippen molar-refractivity contribution in [3.05, 3.63) is 113 Å². The largest absolute Gasteiger partial charge is 0.461 e. The predicted molar refractivity (Wildman–Crippen MR) is 139 cm³/mol. The van der Waals surface area contributed by atoms with Gasteiger partial charge in [-0.3, -0.25) is 14.9 Å². The molecule has 3 N–H and O–H groups in total. The number of esters is 1. The van der Waals surface area contributed by atoms with Crippen molar-refractivity contribution >= 4 is 28.9 Å². The highest BCUT2D eigenvalue weighted by atomic mass is 16.5. The highest BCUT2D eigenvalue weighted by Crippen LogP contribution is 2.19. The van der Waals surface area contributed by atoms with Crippen LogP contribution in [0.4, 0.5) is 0 Å². The lowest BCUT2D eigenvalue weighted by Crippen LogP contribution is -2.30. The van der Waals surface area contributed by atoms with Gasteiger partial charge in [-0.2, -0.15) is 0 Å². The summed E-state index contributed by atoms with van der Waals surface area (Å²) in [5.74, 6) is -0.900. The van der Waals surface area contributed by atoms with Crippen molar-refractivity contribution in [2.24, 2.45) is 0 Å². The molecule has 7 heteroatoms. The first-order valence-electron chi connectivity index (χ1n) is 11.8. The summed E-state index contributed by atoms with van der Waals surface area (Å²) in [4.78, 5) is 29.1. The molecule has 184 valence electrons. The summed E-state index contributed by atoms with van der Waals surface area (Å²) in [5, 5.41) is 9.83. The molecule has 0 unspecified atom stereocenters. The summed E-state index contributed by atoms with van der Waals surface area (Å²) in [7, 11) is 0. The zero-order chi connectivity index (χ0) is 25.2. The third-order valence-corrected chi connectivity index (χ3v) is 5.95. The minimum Gasteiger partial charge on any atom is -0.461 e. The Hall–Kier alpha value is -4.20. The number of nitrogens with one attached hydrogen (secondary N) is 2. The molecule has 0 saturated heterocycles. The molecule has 1 amide bonds. The molecule has 1 aromatic heterocycles. The fraction of sp³-hybridized carbons (Fsp3) is 0.172. The van der Waals surface area contributed by atoms with Crippen LogP contribution in [-0.2, 0) is 22.5 Å². The Labute approximate surface area is 210 Å². The van der Waals surface area contributed by atoms with Crippen molar-refractivity contribution in [1.29, 1.82) is 0 Å². The van der Waals surface area contributed by atoms with Crippen molar-refractivity contribution in [3.8, 4) is 0 Å². The van der Waals surface area contributed by atoms with E-state index in [0.717, 1.165) is 29.6 Å². The highest BCUT2D eigenvalue weighted by molar-refractivity contribution is 5.90. The van der Waals surface area contributed by atoms with Crippen LogP contribution in [0.2, 0.25) is 0 Å². The van der Waals surface area contributed by atoms with Crippen molar-refractivity contribution in [1.82, 2.24) is 15.4 Å². The Morgan fingerprint density at radius 3 is 2.47 bits per heavy atom. The van der Waals surface area contributed by atoms with Gasteiger partial charge in [-0.1, -0.05) is 60.7 Å². The van der Waals surface area contributed by atoms with Gasteiger partial charge in [0.15, 0.2) is 0 Å². The molecule has 0 radical (unpaired) electrons. The van der Waals surface area contributed by atoms with E-state index in [1.165, 1.54) is 17.0 Å². The molecule has 0 bridgehead atoms. The van der Waals surface area contributed by atoms with Crippen LogP contribution in [0.1, 0.15) is 27.0 Å². The number of ether oxygens (including phenoxy) is 1. The van der Waals surface area contributed by atoms with Crippen LogP contribution in [0, 0.1) is 0 Å². The third-order valence-electron chi connectivity index (χ3n) is 5.95. The lowest BCUT2D eigenvalue weighted by atomic mass is 10.1. The van der Waals surface area contributed by atoms with Gasteiger partial charge in [-0.15, -0.1) is 0 Å². The van der Waals surface area contributed by atoms with E-state index in [1.54, 1.807) is 23.7 Å². The monoisotopic (exact) mass is 483 g/mol. The first-order valence-corrected chi connectivity index (χ1v) is 11.8. The Bertz CT molecular complexity index is 1310. The second-order valence-corrected chi connectivity index (χ2v) is 8.44. The predicted octanol–water partition coefficient (Wildman–Crippen LogP) is 4.59. The van der Waals surface area contributed by atoms with E-state index < -0.39 is 5.91 Å². The molecule has 4 rings (SSSR count). The second-order valence-electron chi connectivity index (χ2n) is 8.44. The maximum absolute atomic E-state index is 12.3.